The number of amides is 1. The van der Waals surface area contributed by atoms with Crippen molar-refractivity contribution >= 4 is 12.1 Å². The van der Waals surface area contributed by atoms with Crippen molar-refractivity contribution < 1.29 is 28.5 Å². The zero-order valence-corrected chi connectivity index (χ0v) is 17.2. The van der Waals surface area contributed by atoms with Gasteiger partial charge in [-0.3, -0.25) is 4.79 Å². The van der Waals surface area contributed by atoms with Gasteiger partial charge in [0, 0.05) is 19.6 Å². The van der Waals surface area contributed by atoms with Gasteiger partial charge in [0.05, 0.1) is 6.42 Å². The second kappa shape index (κ2) is 10.3. The summed E-state index contributed by atoms with van der Waals surface area (Å²) in [5, 5.41) is 0. The fraction of sp³-hybridized carbons (Fsp3) is 0.619. The summed E-state index contributed by atoms with van der Waals surface area (Å²) in [5.74, 6) is 1.10. The van der Waals surface area contributed by atoms with Crippen LogP contribution < -0.4 is 9.47 Å². The lowest BCUT2D eigenvalue weighted by molar-refractivity contribution is -0.152. The standard InChI is InChI=1S/C21H30N2O6/c1-16(12-17-6-7-18-19(13-17)27-14-26-18)22(2)21(25)29-15-28-20(24)8-11-23-9-4-3-5-10-23/h6-7,13,16H,3-5,8-12,14-15H2,1-2H3. The average molecular weight is 406 g/mol. The van der Waals surface area contributed by atoms with Gasteiger partial charge in [-0.1, -0.05) is 12.5 Å². The van der Waals surface area contributed by atoms with Crippen molar-refractivity contribution in [1.29, 1.82) is 0 Å². The van der Waals surface area contributed by atoms with E-state index in [9.17, 15) is 9.59 Å². The van der Waals surface area contributed by atoms with Crippen molar-refractivity contribution in [3.63, 3.8) is 0 Å². The molecule has 0 spiro atoms. The van der Waals surface area contributed by atoms with Gasteiger partial charge in [0.2, 0.25) is 13.6 Å². The largest absolute Gasteiger partial charge is 0.454 e. The third-order valence-electron chi connectivity index (χ3n) is 5.40. The van der Waals surface area contributed by atoms with Crippen molar-refractivity contribution in [3.05, 3.63) is 23.8 Å². The topological polar surface area (TPSA) is 77.5 Å². The Hall–Kier alpha value is -2.48. The SMILES string of the molecule is CC(Cc1ccc2c(c1)OCO2)N(C)C(=O)OCOC(=O)CCN1CCCCC1. The number of benzene rings is 1. The maximum absolute atomic E-state index is 12.2. The van der Waals surface area contributed by atoms with Crippen LogP contribution in [-0.4, -0.2) is 68.2 Å². The third-order valence-corrected chi connectivity index (χ3v) is 5.40. The van der Waals surface area contributed by atoms with Crippen LogP contribution in [0.5, 0.6) is 11.5 Å². The van der Waals surface area contributed by atoms with Crippen LogP contribution in [0.15, 0.2) is 18.2 Å². The number of hydrogen-bond acceptors (Lipinski definition) is 7. The summed E-state index contributed by atoms with van der Waals surface area (Å²) in [7, 11) is 1.66. The van der Waals surface area contributed by atoms with Crippen molar-refractivity contribution in [3.8, 4) is 11.5 Å². The number of ether oxygens (including phenoxy) is 4. The van der Waals surface area contributed by atoms with Crippen molar-refractivity contribution in [2.24, 2.45) is 0 Å². The zero-order valence-electron chi connectivity index (χ0n) is 17.2. The first kappa shape index (κ1) is 21.2. The number of piperidine rings is 1. The molecule has 2 aliphatic rings. The number of nitrogens with zero attached hydrogens (tertiary/aromatic N) is 2. The lowest BCUT2D eigenvalue weighted by Gasteiger charge is -2.26. The van der Waals surface area contributed by atoms with E-state index in [1.165, 1.54) is 24.2 Å². The number of carbonyl (C=O) groups excluding carboxylic acids is 2. The molecule has 160 valence electrons. The predicted molar refractivity (Wildman–Crippen MR) is 106 cm³/mol. The molecule has 8 heteroatoms. The number of likely N-dealkylation sites (tertiary alicyclic amines) is 1. The van der Waals surface area contributed by atoms with Crippen LogP contribution in [0.4, 0.5) is 4.79 Å². The monoisotopic (exact) mass is 406 g/mol. The van der Waals surface area contributed by atoms with Gasteiger partial charge in [0.1, 0.15) is 0 Å². The highest BCUT2D eigenvalue weighted by Crippen LogP contribution is 2.32. The Bertz CT molecular complexity index is 704. The van der Waals surface area contributed by atoms with E-state index in [2.05, 4.69) is 4.90 Å². The number of fused-ring (bicyclic) bond motifs is 1. The van der Waals surface area contributed by atoms with Gasteiger partial charge in [-0.2, -0.15) is 0 Å². The molecule has 1 saturated heterocycles. The second-order valence-electron chi connectivity index (χ2n) is 7.55. The van der Waals surface area contributed by atoms with Gasteiger partial charge in [0.15, 0.2) is 11.5 Å². The molecule has 0 aliphatic carbocycles. The normalized spacial score (nSPS) is 16.9. The van der Waals surface area contributed by atoms with Crippen molar-refractivity contribution in [2.45, 2.75) is 45.1 Å². The van der Waals surface area contributed by atoms with E-state index < -0.39 is 6.09 Å². The first-order chi connectivity index (χ1) is 14.0. The van der Waals surface area contributed by atoms with Gasteiger partial charge < -0.3 is 28.7 Å². The predicted octanol–water partition coefficient (Wildman–Crippen LogP) is 2.79. The Morgan fingerprint density at radius 1 is 1.14 bits per heavy atom. The van der Waals surface area contributed by atoms with Gasteiger partial charge in [-0.25, -0.2) is 4.79 Å². The van der Waals surface area contributed by atoms with Crippen LogP contribution in [-0.2, 0) is 20.7 Å². The number of likely N-dealkylation sites (N-methyl/N-ethyl adjacent to an activating group) is 1. The van der Waals surface area contributed by atoms with Crippen LogP contribution in [0.2, 0.25) is 0 Å². The van der Waals surface area contributed by atoms with E-state index in [1.54, 1.807) is 7.05 Å². The van der Waals surface area contributed by atoms with Crippen molar-refractivity contribution in [2.75, 3.05) is 40.3 Å². The van der Waals surface area contributed by atoms with E-state index in [0.29, 0.717) is 19.4 Å². The Morgan fingerprint density at radius 2 is 1.90 bits per heavy atom. The summed E-state index contributed by atoms with van der Waals surface area (Å²) in [6.45, 7) is 4.56. The highest BCUT2D eigenvalue weighted by molar-refractivity contribution is 5.70. The molecule has 8 nitrogen and oxygen atoms in total. The molecule has 2 heterocycles. The molecular formula is C21H30N2O6. The molecule has 0 N–H and O–H groups in total. The van der Waals surface area contributed by atoms with E-state index in [-0.39, 0.29) is 25.6 Å². The smallest absolute Gasteiger partial charge is 0.412 e. The van der Waals surface area contributed by atoms with E-state index in [4.69, 9.17) is 18.9 Å². The zero-order chi connectivity index (χ0) is 20.6. The van der Waals surface area contributed by atoms with Crippen LogP contribution in [0.1, 0.15) is 38.2 Å². The lowest BCUT2D eigenvalue weighted by Crippen LogP contribution is -2.37. The Balaban J connectivity index is 1.34. The molecule has 1 atom stereocenters. The molecular weight excluding hydrogens is 376 g/mol. The minimum atomic E-state index is -0.526. The number of rotatable bonds is 8. The second-order valence-corrected chi connectivity index (χ2v) is 7.55. The quantitative estimate of drug-likeness (QED) is 0.485. The molecule has 1 aromatic rings. The molecule has 0 radical (unpaired) electrons. The van der Waals surface area contributed by atoms with Gasteiger partial charge in [-0.05, 0) is 57.0 Å². The molecule has 0 aromatic heterocycles. The molecule has 1 amide bonds. The average Bonchev–Trinajstić information content (AvgIpc) is 3.20. The van der Waals surface area contributed by atoms with Gasteiger partial charge >= 0.3 is 12.1 Å². The fourth-order valence-electron chi connectivity index (χ4n) is 3.48. The molecule has 3 rings (SSSR count). The van der Waals surface area contributed by atoms with E-state index in [0.717, 1.165) is 30.2 Å². The highest BCUT2D eigenvalue weighted by Gasteiger charge is 2.20. The summed E-state index contributed by atoms with van der Waals surface area (Å²) in [6, 6.07) is 5.64. The molecule has 0 bridgehead atoms. The molecule has 1 unspecified atom stereocenters. The number of esters is 1. The molecule has 1 aromatic carbocycles. The van der Waals surface area contributed by atoms with Crippen molar-refractivity contribution in [1.82, 2.24) is 9.80 Å². The van der Waals surface area contributed by atoms with Gasteiger partial charge in [0.25, 0.3) is 0 Å². The maximum atomic E-state index is 12.2. The number of hydrogen-bond donors (Lipinski definition) is 0. The maximum Gasteiger partial charge on any atom is 0.412 e. The van der Waals surface area contributed by atoms with E-state index >= 15 is 0 Å². The first-order valence-corrected chi connectivity index (χ1v) is 10.2. The lowest BCUT2D eigenvalue weighted by atomic mass is 10.1. The number of carbonyl (C=O) groups is 2. The van der Waals surface area contributed by atoms with E-state index in [1.807, 2.05) is 25.1 Å². The van der Waals surface area contributed by atoms with Crippen LogP contribution in [0.25, 0.3) is 0 Å². The molecule has 1 fully saturated rings. The minimum Gasteiger partial charge on any atom is -0.454 e. The highest BCUT2D eigenvalue weighted by atomic mass is 16.7. The van der Waals surface area contributed by atoms with Crippen LogP contribution in [0.3, 0.4) is 0 Å². The summed E-state index contributed by atoms with van der Waals surface area (Å²) in [5.41, 5.74) is 1.03. The van der Waals surface area contributed by atoms with Crippen LogP contribution >= 0.6 is 0 Å². The minimum absolute atomic E-state index is 0.0994. The van der Waals surface area contributed by atoms with Crippen LogP contribution in [0, 0.1) is 0 Å². The molecule has 29 heavy (non-hydrogen) atoms. The first-order valence-electron chi connectivity index (χ1n) is 10.2. The summed E-state index contributed by atoms with van der Waals surface area (Å²) < 4.78 is 20.8. The summed E-state index contributed by atoms with van der Waals surface area (Å²) >= 11 is 0. The summed E-state index contributed by atoms with van der Waals surface area (Å²) in [4.78, 5) is 27.8. The third kappa shape index (κ3) is 6.25. The Kier molecular flexibility index (Phi) is 7.57. The Labute approximate surface area is 171 Å². The Morgan fingerprint density at radius 3 is 2.69 bits per heavy atom. The summed E-state index contributed by atoms with van der Waals surface area (Å²) in [6.07, 6.45) is 4.05. The van der Waals surface area contributed by atoms with Gasteiger partial charge in [-0.15, -0.1) is 0 Å². The fourth-order valence-corrected chi connectivity index (χ4v) is 3.48. The molecule has 2 aliphatic heterocycles. The molecule has 0 saturated carbocycles.